The van der Waals surface area contributed by atoms with Crippen LogP contribution in [0.1, 0.15) is 29.5 Å². The van der Waals surface area contributed by atoms with Crippen LogP contribution >= 0.6 is 0 Å². The molecule has 0 fully saturated rings. The summed E-state index contributed by atoms with van der Waals surface area (Å²) in [5.41, 5.74) is 4.49. The molecule has 0 saturated carbocycles. The van der Waals surface area contributed by atoms with Crippen molar-refractivity contribution in [3.05, 3.63) is 46.8 Å². The molecule has 0 radical (unpaired) electrons. The molecule has 5 nitrogen and oxygen atoms in total. The van der Waals surface area contributed by atoms with E-state index in [0.29, 0.717) is 6.54 Å². The van der Waals surface area contributed by atoms with Gasteiger partial charge in [-0.15, -0.1) is 0 Å². The van der Waals surface area contributed by atoms with Crippen molar-refractivity contribution < 1.29 is 9.32 Å². The lowest BCUT2D eigenvalue weighted by molar-refractivity contribution is -0.122. The lowest BCUT2D eigenvalue weighted by Crippen LogP contribution is -2.45. The molecule has 2 heterocycles. The van der Waals surface area contributed by atoms with Gasteiger partial charge in [0, 0.05) is 24.3 Å². The summed E-state index contributed by atoms with van der Waals surface area (Å²) in [5.74, 6) is 0.895. The van der Waals surface area contributed by atoms with Gasteiger partial charge < -0.3 is 14.7 Å². The number of para-hydroxylation sites is 1. The van der Waals surface area contributed by atoms with Crippen LogP contribution in [0.25, 0.3) is 0 Å². The highest BCUT2D eigenvalue weighted by molar-refractivity contribution is 5.85. The fourth-order valence-corrected chi connectivity index (χ4v) is 3.22. The first-order valence-electron chi connectivity index (χ1n) is 8.12. The highest BCUT2D eigenvalue weighted by atomic mass is 16.5. The lowest BCUT2D eigenvalue weighted by atomic mass is 10.1. The fourth-order valence-electron chi connectivity index (χ4n) is 3.22. The molecule has 1 aromatic carbocycles. The number of rotatable bonds is 5. The van der Waals surface area contributed by atoms with E-state index in [0.717, 1.165) is 36.4 Å². The number of carbonyl (C=O) groups is 1. The van der Waals surface area contributed by atoms with Crippen molar-refractivity contribution >= 4 is 11.6 Å². The van der Waals surface area contributed by atoms with E-state index in [-0.39, 0.29) is 11.9 Å². The Labute approximate surface area is 136 Å². The van der Waals surface area contributed by atoms with Gasteiger partial charge in [0.05, 0.1) is 5.69 Å². The first kappa shape index (κ1) is 15.6. The molecule has 5 heteroatoms. The van der Waals surface area contributed by atoms with Crippen molar-refractivity contribution in [2.45, 2.75) is 39.7 Å². The molecular weight excluding hydrogens is 290 g/mol. The third kappa shape index (κ3) is 3.09. The number of aromatic nitrogens is 1. The molecule has 1 amide bonds. The van der Waals surface area contributed by atoms with Crippen LogP contribution in [0.4, 0.5) is 5.69 Å². The van der Waals surface area contributed by atoms with E-state index in [4.69, 9.17) is 4.52 Å². The third-order valence-electron chi connectivity index (χ3n) is 4.63. The molecule has 1 N–H and O–H groups in total. The average Bonchev–Trinajstić information content (AvgIpc) is 3.12. The summed E-state index contributed by atoms with van der Waals surface area (Å²) >= 11 is 0. The van der Waals surface area contributed by atoms with Crippen molar-refractivity contribution in [1.29, 1.82) is 0 Å². The van der Waals surface area contributed by atoms with E-state index in [1.54, 1.807) is 0 Å². The summed E-state index contributed by atoms with van der Waals surface area (Å²) in [4.78, 5) is 14.6. The standard InChI is InChI=1S/C18H23N3O2/c1-12-16(14(3)23-20-12)8-10-19-18(22)13(2)21-11-9-15-6-4-5-7-17(15)21/h4-7,13H,8-11H2,1-3H3,(H,19,22)/t13-/m0/s1. The topological polar surface area (TPSA) is 58.4 Å². The van der Waals surface area contributed by atoms with E-state index in [1.807, 2.05) is 26.8 Å². The van der Waals surface area contributed by atoms with E-state index >= 15 is 0 Å². The summed E-state index contributed by atoms with van der Waals surface area (Å²) in [6.07, 6.45) is 1.75. The highest BCUT2D eigenvalue weighted by Gasteiger charge is 2.27. The SMILES string of the molecule is Cc1noc(C)c1CCNC(=O)[C@H](C)N1CCc2ccccc21. The smallest absolute Gasteiger partial charge is 0.242 e. The summed E-state index contributed by atoms with van der Waals surface area (Å²) < 4.78 is 5.15. The maximum atomic E-state index is 12.4. The normalized spacial score (nSPS) is 14.7. The number of benzene rings is 1. The van der Waals surface area contributed by atoms with Crippen LogP contribution in [0.3, 0.4) is 0 Å². The van der Waals surface area contributed by atoms with Gasteiger partial charge in [-0.1, -0.05) is 23.4 Å². The summed E-state index contributed by atoms with van der Waals surface area (Å²) in [7, 11) is 0. The largest absolute Gasteiger partial charge is 0.361 e. The van der Waals surface area contributed by atoms with Gasteiger partial charge in [-0.05, 0) is 45.2 Å². The second-order valence-electron chi connectivity index (χ2n) is 6.09. The fraction of sp³-hybridized carbons (Fsp3) is 0.444. The van der Waals surface area contributed by atoms with Crippen molar-refractivity contribution in [3.8, 4) is 0 Å². The number of nitrogens with one attached hydrogen (secondary N) is 1. The maximum absolute atomic E-state index is 12.4. The minimum atomic E-state index is -0.164. The van der Waals surface area contributed by atoms with Gasteiger partial charge in [-0.3, -0.25) is 4.79 Å². The lowest BCUT2D eigenvalue weighted by Gasteiger charge is -2.26. The Morgan fingerprint density at radius 3 is 2.91 bits per heavy atom. The number of hydrogen-bond donors (Lipinski definition) is 1. The highest BCUT2D eigenvalue weighted by Crippen LogP contribution is 2.29. The molecule has 1 aliphatic heterocycles. The third-order valence-corrected chi connectivity index (χ3v) is 4.63. The van der Waals surface area contributed by atoms with Crippen molar-refractivity contribution in [2.75, 3.05) is 18.0 Å². The molecule has 1 atom stereocenters. The molecule has 1 aromatic heterocycles. The molecule has 23 heavy (non-hydrogen) atoms. The molecule has 3 rings (SSSR count). The van der Waals surface area contributed by atoms with E-state index < -0.39 is 0 Å². The summed E-state index contributed by atoms with van der Waals surface area (Å²) in [6, 6.07) is 8.15. The Morgan fingerprint density at radius 2 is 2.17 bits per heavy atom. The molecule has 0 unspecified atom stereocenters. The average molecular weight is 313 g/mol. The van der Waals surface area contributed by atoms with Crippen LogP contribution in [-0.2, 0) is 17.6 Å². The summed E-state index contributed by atoms with van der Waals surface area (Å²) in [5, 5.41) is 6.97. The zero-order chi connectivity index (χ0) is 16.4. The van der Waals surface area contributed by atoms with Gasteiger partial charge >= 0.3 is 0 Å². The van der Waals surface area contributed by atoms with Gasteiger partial charge in [0.15, 0.2) is 0 Å². The second-order valence-corrected chi connectivity index (χ2v) is 6.09. The summed E-state index contributed by atoms with van der Waals surface area (Å²) in [6.45, 7) is 7.30. The predicted molar refractivity (Wildman–Crippen MR) is 89.6 cm³/mol. The predicted octanol–water partition coefficient (Wildman–Crippen LogP) is 2.40. The molecule has 0 saturated heterocycles. The number of nitrogens with zero attached hydrogens (tertiary/aromatic N) is 2. The van der Waals surface area contributed by atoms with E-state index in [1.165, 1.54) is 11.3 Å². The maximum Gasteiger partial charge on any atom is 0.242 e. The van der Waals surface area contributed by atoms with Crippen LogP contribution in [-0.4, -0.2) is 30.2 Å². The van der Waals surface area contributed by atoms with Crippen molar-refractivity contribution in [3.63, 3.8) is 0 Å². The number of amides is 1. The molecule has 1 aliphatic rings. The molecule has 122 valence electrons. The number of anilines is 1. The van der Waals surface area contributed by atoms with Crippen molar-refractivity contribution in [2.24, 2.45) is 0 Å². The zero-order valence-electron chi connectivity index (χ0n) is 13.9. The Hall–Kier alpha value is -2.30. The van der Waals surface area contributed by atoms with Crippen LogP contribution < -0.4 is 10.2 Å². The Morgan fingerprint density at radius 1 is 1.39 bits per heavy atom. The van der Waals surface area contributed by atoms with Crippen LogP contribution in [0.15, 0.2) is 28.8 Å². The van der Waals surface area contributed by atoms with Gasteiger partial charge in [0.1, 0.15) is 11.8 Å². The van der Waals surface area contributed by atoms with Gasteiger partial charge in [-0.25, -0.2) is 0 Å². The zero-order valence-corrected chi connectivity index (χ0v) is 13.9. The van der Waals surface area contributed by atoms with E-state index in [2.05, 4.69) is 33.6 Å². The Balaban J connectivity index is 1.57. The molecular formula is C18H23N3O2. The Kier molecular flexibility index (Phi) is 4.37. The van der Waals surface area contributed by atoms with Crippen LogP contribution in [0, 0.1) is 13.8 Å². The minimum absolute atomic E-state index is 0.0634. The van der Waals surface area contributed by atoms with Crippen LogP contribution in [0.2, 0.25) is 0 Å². The van der Waals surface area contributed by atoms with Gasteiger partial charge in [0.2, 0.25) is 5.91 Å². The van der Waals surface area contributed by atoms with Crippen molar-refractivity contribution in [1.82, 2.24) is 10.5 Å². The monoisotopic (exact) mass is 313 g/mol. The van der Waals surface area contributed by atoms with Gasteiger partial charge in [-0.2, -0.15) is 0 Å². The number of aryl methyl sites for hydroxylation is 2. The Bertz CT molecular complexity index is 689. The first-order chi connectivity index (χ1) is 11.1. The van der Waals surface area contributed by atoms with E-state index in [9.17, 15) is 4.79 Å². The van der Waals surface area contributed by atoms with Crippen LogP contribution in [0.5, 0.6) is 0 Å². The van der Waals surface area contributed by atoms with Gasteiger partial charge in [0.25, 0.3) is 0 Å². The number of hydrogen-bond acceptors (Lipinski definition) is 4. The number of fused-ring (bicyclic) bond motifs is 1. The molecule has 0 spiro atoms. The molecule has 0 aliphatic carbocycles. The molecule has 2 aromatic rings. The molecule has 0 bridgehead atoms. The quantitative estimate of drug-likeness (QED) is 0.921. The minimum Gasteiger partial charge on any atom is -0.361 e. The first-order valence-corrected chi connectivity index (χ1v) is 8.12. The second kappa shape index (κ2) is 6.44. The number of carbonyl (C=O) groups excluding carboxylic acids is 1.